The van der Waals surface area contributed by atoms with Crippen LogP contribution in [0.5, 0.6) is 0 Å². The van der Waals surface area contributed by atoms with E-state index in [1.165, 1.54) is 12.3 Å². The fourth-order valence-electron chi connectivity index (χ4n) is 3.20. The summed E-state index contributed by atoms with van der Waals surface area (Å²) >= 11 is 2.46. The summed E-state index contributed by atoms with van der Waals surface area (Å²) in [5, 5.41) is 11.7. The Hall–Kier alpha value is -2.56. The third kappa shape index (κ3) is 4.86. The van der Waals surface area contributed by atoms with Crippen LogP contribution in [0.25, 0.3) is 10.9 Å². The molecule has 1 aromatic heterocycles. The third-order valence-electron chi connectivity index (χ3n) is 4.91. The SMILES string of the molecule is O=C(c1ccc2cccnc2c1)[NH+]([O-])c1c(Br)cc(C(F)(C(F)(F)F)C(F)(F)F)cc1S(=O)C(F)F. The van der Waals surface area contributed by atoms with Crippen molar-refractivity contribution >= 4 is 49.2 Å². The molecule has 2 atom stereocenters. The van der Waals surface area contributed by atoms with Crippen LogP contribution < -0.4 is 5.06 Å². The van der Waals surface area contributed by atoms with Crippen molar-refractivity contribution in [3.8, 4) is 0 Å². The molecular weight excluding hydrogens is 599 g/mol. The second-order valence-electron chi connectivity index (χ2n) is 7.11. The summed E-state index contributed by atoms with van der Waals surface area (Å²) in [7, 11) is -3.72. The third-order valence-corrected chi connectivity index (χ3v) is 6.62. The summed E-state index contributed by atoms with van der Waals surface area (Å²) in [6, 6.07) is 6.25. The van der Waals surface area contributed by atoms with Gasteiger partial charge in [0.1, 0.15) is 15.7 Å². The maximum atomic E-state index is 14.6. The highest BCUT2D eigenvalue weighted by Gasteiger charge is 2.73. The lowest BCUT2D eigenvalue weighted by Gasteiger charge is -2.31. The molecule has 1 amide bonds. The maximum Gasteiger partial charge on any atom is 0.435 e. The first kappa shape index (κ1) is 28.0. The van der Waals surface area contributed by atoms with Gasteiger partial charge >= 0.3 is 29.7 Å². The summed E-state index contributed by atoms with van der Waals surface area (Å²) in [5.74, 6) is -5.34. The number of alkyl halides is 9. The van der Waals surface area contributed by atoms with Gasteiger partial charge in [-0.1, -0.05) is 12.1 Å². The Kier molecular flexibility index (Phi) is 7.56. The van der Waals surface area contributed by atoms with Crippen molar-refractivity contribution in [2.45, 2.75) is 28.7 Å². The van der Waals surface area contributed by atoms with E-state index in [0.29, 0.717) is 5.39 Å². The number of halogens is 10. The molecule has 3 aromatic rings. The molecule has 2 unspecified atom stereocenters. The van der Waals surface area contributed by atoms with Crippen LogP contribution in [-0.4, -0.2) is 33.2 Å². The Morgan fingerprint density at radius 1 is 1.00 bits per heavy atom. The first-order valence-electron chi connectivity index (χ1n) is 9.29. The van der Waals surface area contributed by atoms with Gasteiger partial charge in [-0.05, 0) is 46.3 Å². The van der Waals surface area contributed by atoms with Crippen molar-refractivity contribution in [2.24, 2.45) is 0 Å². The Bertz CT molecular complexity index is 1330. The molecule has 5 nitrogen and oxygen atoms in total. The molecule has 0 aliphatic heterocycles. The minimum atomic E-state index is -6.62. The van der Waals surface area contributed by atoms with Crippen LogP contribution in [-0.2, 0) is 16.5 Å². The Morgan fingerprint density at radius 2 is 1.61 bits per heavy atom. The molecule has 1 heterocycles. The van der Waals surface area contributed by atoms with E-state index in [4.69, 9.17) is 0 Å². The summed E-state index contributed by atoms with van der Waals surface area (Å²) in [5.41, 5.74) is -9.69. The summed E-state index contributed by atoms with van der Waals surface area (Å²) in [6.07, 6.45) is -11.9. The number of nitrogens with zero attached hydrogens (tertiary/aromatic N) is 1. The van der Waals surface area contributed by atoms with Crippen LogP contribution in [0, 0.1) is 5.21 Å². The van der Waals surface area contributed by atoms with Gasteiger partial charge in [0.05, 0.1) is 15.6 Å². The van der Waals surface area contributed by atoms with Gasteiger partial charge < -0.3 is 5.21 Å². The Labute approximate surface area is 206 Å². The van der Waals surface area contributed by atoms with Crippen molar-refractivity contribution in [3.05, 3.63) is 69.5 Å². The highest BCUT2D eigenvalue weighted by Crippen LogP contribution is 2.54. The Balaban J connectivity index is 2.22. The average molecular weight is 609 g/mol. The van der Waals surface area contributed by atoms with Gasteiger partial charge in [-0.15, -0.1) is 0 Å². The smallest absolute Gasteiger partial charge is 0.435 e. The van der Waals surface area contributed by atoms with Gasteiger partial charge in [-0.25, -0.2) is 13.4 Å². The number of nitrogens with one attached hydrogen (secondary N) is 1. The standard InChI is InChI=1S/C20H10BrF9N2O3S/c21-12-7-11(18(24,19(25,26)27)20(28,29)30)8-14(36(35)17(22)23)15(12)32(34)16(33)10-4-3-9-2-1-5-31-13(9)6-10/h1-8,17,32H. The summed E-state index contributed by atoms with van der Waals surface area (Å²) in [4.78, 5) is 15.1. The minimum absolute atomic E-state index is 0.129. The lowest BCUT2D eigenvalue weighted by Crippen LogP contribution is -3.05. The predicted molar refractivity (Wildman–Crippen MR) is 112 cm³/mol. The van der Waals surface area contributed by atoms with Crippen LogP contribution in [0.15, 0.2) is 58.0 Å². The number of benzene rings is 2. The molecule has 3 rings (SSSR count). The van der Waals surface area contributed by atoms with Crippen molar-refractivity contribution in [1.29, 1.82) is 0 Å². The van der Waals surface area contributed by atoms with Gasteiger partial charge in [0.15, 0.2) is 5.69 Å². The molecule has 0 saturated heterocycles. The van der Waals surface area contributed by atoms with Crippen molar-refractivity contribution in [2.75, 3.05) is 0 Å². The lowest BCUT2D eigenvalue weighted by atomic mass is 9.94. The number of hydroxylamine groups is 1. The summed E-state index contributed by atoms with van der Waals surface area (Å²) < 4.78 is 131. The van der Waals surface area contributed by atoms with Crippen molar-refractivity contribution in [3.63, 3.8) is 0 Å². The molecule has 2 aromatic carbocycles. The molecule has 0 aliphatic carbocycles. The molecule has 0 saturated carbocycles. The number of rotatable bonds is 5. The largest absolute Gasteiger partial charge is 0.621 e. The molecule has 36 heavy (non-hydrogen) atoms. The minimum Gasteiger partial charge on any atom is -0.621 e. The highest BCUT2D eigenvalue weighted by atomic mass is 79.9. The van der Waals surface area contributed by atoms with Crippen LogP contribution in [0.4, 0.5) is 45.2 Å². The average Bonchev–Trinajstić information content (AvgIpc) is 2.79. The molecule has 0 fully saturated rings. The molecule has 0 spiro atoms. The number of hydrogen-bond acceptors (Lipinski definition) is 4. The second-order valence-corrected chi connectivity index (χ2v) is 9.36. The topological polar surface area (TPSA) is 74.5 Å². The number of pyridine rings is 1. The predicted octanol–water partition coefficient (Wildman–Crippen LogP) is 5.47. The fraction of sp³-hybridized carbons (Fsp3) is 0.200. The summed E-state index contributed by atoms with van der Waals surface area (Å²) in [6.45, 7) is 0. The van der Waals surface area contributed by atoms with E-state index >= 15 is 0 Å². The number of amides is 1. The highest BCUT2D eigenvalue weighted by molar-refractivity contribution is 9.10. The molecule has 0 aliphatic rings. The molecule has 0 radical (unpaired) electrons. The number of aromatic nitrogens is 1. The van der Waals surface area contributed by atoms with E-state index in [-0.39, 0.29) is 17.1 Å². The first-order chi connectivity index (χ1) is 16.5. The van der Waals surface area contributed by atoms with Crippen LogP contribution in [0.3, 0.4) is 0 Å². The van der Waals surface area contributed by atoms with Crippen LogP contribution >= 0.6 is 15.9 Å². The zero-order chi connectivity index (χ0) is 27.2. The maximum absolute atomic E-state index is 14.6. The first-order valence-corrected chi connectivity index (χ1v) is 11.3. The van der Waals surface area contributed by atoms with E-state index in [1.54, 1.807) is 12.1 Å². The van der Waals surface area contributed by atoms with E-state index in [1.807, 2.05) is 0 Å². The van der Waals surface area contributed by atoms with Crippen molar-refractivity contribution < 1.29 is 53.6 Å². The second kappa shape index (κ2) is 9.72. The van der Waals surface area contributed by atoms with Crippen LogP contribution in [0.1, 0.15) is 15.9 Å². The number of carbonyl (C=O) groups is 1. The number of carbonyl (C=O) groups excluding carboxylic acids is 1. The van der Waals surface area contributed by atoms with Gasteiger partial charge in [0, 0.05) is 17.1 Å². The molecule has 194 valence electrons. The van der Waals surface area contributed by atoms with Crippen molar-refractivity contribution in [1.82, 2.24) is 4.98 Å². The molecular formula is C20H10BrF9N2O3S. The molecule has 0 bridgehead atoms. The van der Waals surface area contributed by atoms with Gasteiger partial charge in [0.25, 0.3) is 0 Å². The monoisotopic (exact) mass is 608 g/mol. The zero-order valence-electron chi connectivity index (χ0n) is 17.1. The van der Waals surface area contributed by atoms with Gasteiger partial charge in [0.2, 0.25) is 0 Å². The van der Waals surface area contributed by atoms with Gasteiger partial charge in [-0.3, -0.25) is 10.0 Å². The van der Waals surface area contributed by atoms with E-state index < -0.39 is 72.2 Å². The van der Waals surface area contributed by atoms with E-state index in [9.17, 15) is 53.7 Å². The van der Waals surface area contributed by atoms with Crippen LogP contribution in [0.2, 0.25) is 0 Å². The lowest BCUT2D eigenvalue weighted by molar-refractivity contribution is -0.682. The number of fused-ring (bicyclic) bond motifs is 1. The normalized spacial score (nSPS) is 14.8. The molecule has 16 heteroatoms. The quantitative estimate of drug-likeness (QED) is 0.308. The number of quaternary nitrogens is 1. The Morgan fingerprint density at radius 3 is 2.17 bits per heavy atom. The fourth-order valence-corrected chi connectivity index (χ4v) is 4.81. The van der Waals surface area contributed by atoms with E-state index in [0.717, 1.165) is 12.1 Å². The number of hydrogen-bond donors (Lipinski definition) is 1. The zero-order valence-corrected chi connectivity index (χ0v) is 19.5. The molecule has 1 N–H and O–H groups in total. The van der Waals surface area contributed by atoms with Gasteiger partial charge in [-0.2, -0.15) is 35.1 Å². The van der Waals surface area contributed by atoms with E-state index in [2.05, 4.69) is 20.9 Å².